The summed E-state index contributed by atoms with van der Waals surface area (Å²) in [5, 5.41) is 3.37. The molecule has 4 nitrogen and oxygen atoms in total. The molecule has 0 atom stereocenters. The number of benzene rings is 1. The zero-order valence-electron chi connectivity index (χ0n) is 11.9. The Morgan fingerprint density at radius 2 is 2.20 bits per heavy atom. The van der Waals surface area contributed by atoms with E-state index in [-0.39, 0.29) is 0 Å². The van der Waals surface area contributed by atoms with Gasteiger partial charge in [-0.05, 0) is 43.1 Å². The fraction of sp³-hybridized carbons (Fsp3) is 0.375. The van der Waals surface area contributed by atoms with E-state index in [9.17, 15) is 0 Å². The maximum absolute atomic E-state index is 5.26. The Morgan fingerprint density at radius 3 is 3.05 bits per heavy atom. The van der Waals surface area contributed by atoms with E-state index in [0.717, 1.165) is 48.9 Å². The highest BCUT2D eigenvalue weighted by Gasteiger charge is 2.15. The van der Waals surface area contributed by atoms with E-state index < -0.39 is 0 Å². The van der Waals surface area contributed by atoms with Crippen molar-refractivity contribution in [2.75, 3.05) is 13.7 Å². The van der Waals surface area contributed by atoms with E-state index in [1.165, 1.54) is 11.1 Å². The first kappa shape index (κ1) is 13.1. The van der Waals surface area contributed by atoms with Gasteiger partial charge in [0.1, 0.15) is 11.6 Å². The van der Waals surface area contributed by atoms with Crippen molar-refractivity contribution in [2.45, 2.75) is 26.3 Å². The molecule has 1 aliphatic rings. The van der Waals surface area contributed by atoms with E-state index in [1.54, 1.807) is 7.11 Å². The van der Waals surface area contributed by atoms with Gasteiger partial charge < -0.3 is 10.1 Å². The number of aromatic nitrogens is 2. The van der Waals surface area contributed by atoms with Gasteiger partial charge in [-0.2, -0.15) is 0 Å². The third-order valence-electron chi connectivity index (χ3n) is 3.69. The van der Waals surface area contributed by atoms with Crippen LogP contribution in [0.25, 0.3) is 0 Å². The molecule has 0 spiro atoms. The molecule has 104 valence electrons. The van der Waals surface area contributed by atoms with Crippen LogP contribution in [0.5, 0.6) is 5.75 Å². The van der Waals surface area contributed by atoms with E-state index in [0.29, 0.717) is 0 Å². The number of nitrogens with zero attached hydrogens (tertiary/aromatic N) is 2. The highest BCUT2D eigenvalue weighted by atomic mass is 16.5. The predicted molar refractivity (Wildman–Crippen MR) is 78.0 cm³/mol. The summed E-state index contributed by atoms with van der Waals surface area (Å²) in [5.41, 5.74) is 4.77. The van der Waals surface area contributed by atoms with E-state index in [1.807, 2.05) is 18.2 Å². The second-order valence-electron chi connectivity index (χ2n) is 5.11. The molecule has 1 aromatic heterocycles. The molecule has 0 radical (unpaired) electrons. The van der Waals surface area contributed by atoms with Crippen LogP contribution in [0.4, 0.5) is 0 Å². The molecular weight excluding hydrogens is 250 g/mol. The minimum Gasteiger partial charge on any atom is -0.497 e. The van der Waals surface area contributed by atoms with Crippen molar-refractivity contribution in [1.29, 1.82) is 0 Å². The number of rotatable bonds is 3. The van der Waals surface area contributed by atoms with Crippen molar-refractivity contribution >= 4 is 0 Å². The number of fused-ring (bicyclic) bond motifs is 1. The second kappa shape index (κ2) is 5.59. The molecule has 3 rings (SSSR count). The van der Waals surface area contributed by atoms with Gasteiger partial charge in [0, 0.05) is 18.7 Å². The average Bonchev–Trinajstić information content (AvgIpc) is 2.47. The standard InChI is InChI=1S/C16H19N3O/c1-11-14-6-7-17-10-15(14)19-16(18-11)9-12-4-3-5-13(8-12)20-2/h3-5,8,17H,6-7,9-10H2,1-2H3. The Morgan fingerprint density at radius 1 is 1.30 bits per heavy atom. The number of aryl methyl sites for hydroxylation is 1. The molecular formula is C16H19N3O. The fourth-order valence-electron chi connectivity index (χ4n) is 2.65. The smallest absolute Gasteiger partial charge is 0.133 e. The molecule has 4 heteroatoms. The van der Waals surface area contributed by atoms with Gasteiger partial charge in [0.2, 0.25) is 0 Å². The first-order valence-corrected chi connectivity index (χ1v) is 6.95. The van der Waals surface area contributed by atoms with Gasteiger partial charge in [-0.15, -0.1) is 0 Å². The summed E-state index contributed by atoms with van der Waals surface area (Å²) in [4.78, 5) is 9.37. The summed E-state index contributed by atoms with van der Waals surface area (Å²) in [6.45, 7) is 3.96. The minimum atomic E-state index is 0.741. The lowest BCUT2D eigenvalue weighted by molar-refractivity contribution is 0.414. The Balaban J connectivity index is 1.89. The quantitative estimate of drug-likeness (QED) is 0.926. The van der Waals surface area contributed by atoms with Gasteiger partial charge in [-0.1, -0.05) is 12.1 Å². The van der Waals surface area contributed by atoms with Crippen molar-refractivity contribution in [1.82, 2.24) is 15.3 Å². The zero-order chi connectivity index (χ0) is 13.9. The molecule has 0 amide bonds. The lowest BCUT2D eigenvalue weighted by atomic mass is 10.0. The average molecular weight is 269 g/mol. The van der Waals surface area contributed by atoms with Crippen LogP contribution in [-0.4, -0.2) is 23.6 Å². The summed E-state index contributed by atoms with van der Waals surface area (Å²) >= 11 is 0. The first-order valence-electron chi connectivity index (χ1n) is 6.95. The third kappa shape index (κ3) is 2.65. The number of methoxy groups -OCH3 is 1. The number of hydrogen-bond donors (Lipinski definition) is 1. The topological polar surface area (TPSA) is 47.0 Å². The normalized spacial score (nSPS) is 13.9. The van der Waals surface area contributed by atoms with Crippen molar-refractivity contribution in [3.8, 4) is 5.75 Å². The largest absolute Gasteiger partial charge is 0.497 e. The molecule has 1 N–H and O–H groups in total. The minimum absolute atomic E-state index is 0.741. The number of ether oxygens (including phenoxy) is 1. The summed E-state index contributed by atoms with van der Waals surface area (Å²) in [6.07, 6.45) is 1.77. The molecule has 0 aliphatic carbocycles. The van der Waals surface area contributed by atoms with E-state index in [2.05, 4.69) is 23.3 Å². The van der Waals surface area contributed by atoms with Gasteiger partial charge in [0.15, 0.2) is 0 Å². The van der Waals surface area contributed by atoms with Gasteiger partial charge in [0.25, 0.3) is 0 Å². The molecule has 0 saturated carbocycles. The fourth-order valence-corrected chi connectivity index (χ4v) is 2.65. The molecule has 1 aliphatic heterocycles. The summed E-state index contributed by atoms with van der Waals surface area (Å²) in [5.74, 6) is 1.76. The highest BCUT2D eigenvalue weighted by Crippen LogP contribution is 2.18. The number of nitrogens with one attached hydrogen (secondary N) is 1. The predicted octanol–water partition coefficient (Wildman–Crippen LogP) is 2.03. The zero-order valence-corrected chi connectivity index (χ0v) is 11.9. The van der Waals surface area contributed by atoms with Crippen molar-refractivity contribution in [3.05, 3.63) is 52.6 Å². The molecule has 0 fully saturated rings. The van der Waals surface area contributed by atoms with Crippen LogP contribution < -0.4 is 10.1 Å². The van der Waals surface area contributed by atoms with Crippen LogP contribution in [-0.2, 0) is 19.4 Å². The Labute approximate surface area is 119 Å². The van der Waals surface area contributed by atoms with Crippen LogP contribution in [0.1, 0.15) is 28.3 Å². The van der Waals surface area contributed by atoms with Crippen LogP contribution in [0.2, 0.25) is 0 Å². The van der Waals surface area contributed by atoms with Gasteiger partial charge in [-0.25, -0.2) is 9.97 Å². The SMILES string of the molecule is COc1cccc(Cc2nc(C)c3c(n2)CNCC3)c1. The summed E-state index contributed by atoms with van der Waals surface area (Å²) < 4.78 is 5.26. The summed E-state index contributed by atoms with van der Waals surface area (Å²) in [6, 6.07) is 8.07. The molecule has 0 unspecified atom stereocenters. The lowest BCUT2D eigenvalue weighted by Crippen LogP contribution is -2.26. The van der Waals surface area contributed by atoms with Gasteiger partial charge >= 0.3 is 0 Å². The lowest BCUT2D eigenvalue weighted by Gasteiger charge is -2.18. The highest BCUT2D eigenvalue weighted by molar-refractivity contribution is 5.32. The third-order valence-corrected chi connectivity index (χ3v) is 3.69. The Kier molecular flexibility index (Phi) is 3.65. The maximum Gasteiger partial charge on any atom is 0.133 e. The van der Waals surface area contributed by atoms with Crippen LogP contribution in [0.3, 0.4) is 0 Å². The van der Waals surface area contributed by atoms with Crippen molar-refractivity contribution in [3.63, 3.8) is 0 Å². The van der Waals surface area contributed by atoms with Gasteiger partial charge in [-0.3, -0.25) is 0 Å². The molecule has 1 aromatic carbocycles. The van der Waals surface area contributed by atoms with Crippen molar-refractivity contribution in [2.24, 2.45) is 0 Å². The van der Waals surface area contributed by atoms with E-state index in [4.69, 9.17) is 9.72 Å². The molecule has 0 bridgehead atoms. The van der Waals surface area contributed by atoms with Crippen molar-refractivity contribution < 1.29 is 4.74 Å². The Hall–Kier alpha value is -1.94. The van der Waals surface area contributed by atoms with Gasteiger partial charge in [0.05, 0.1) is 12.8 Å². The number of hydrogen-bond acceptors (Lipinski definition) is 4. The molecule has 2 aromatic rings. The first-order chi connectivity index (χ1) is 9.76. The van der Waals surface area contributed by atoms with Crippen LogP contribution in [0.15, 0.2) is 24.3 Å². The monoisotopic (exact) mass is 269 g/mol. The van der Waals surface area contributed by atoms with E-state index >= 15 is 0 Å². The molecule has 2 heterocycles. The second-order valence-corrected chi connectivity index (χ2v) is 5.11. The van der Waals surface area contributed by atoms with Crippen LogP contribution in [0, 0.1) is 6.92 Å². The molecule has 20 heavy (non-hydrogen) atoms. The Bertz CT molecular complexity index is 625. The maximum atomic E-state index is 5.26. The molecule has 0 saturated heterocycles. The van der Waals surface area contributed by atoms with Crippen LogP contribution >= 0.6 is 0 Å². The summed E-state index contributed by atoms with van der Waals surface area (Å²) in [7, 11) is 1.68.